The standard InChI is InChI=1S/C21H28N6/c1-3-17-6-8-18(9-7-17)13-26-11-4-5-19(14-26)21-24-23-20(25(21)2)15-27-12-10-22-16-27/h6-10,12,16,19H,3-5,11,13-15H2,1-2H3/t19-/m0/s1. The number of benzene rings is 1. The highest BCUT2D eigenvalue weighted by molar-refractivity contribution is 5.22. The summed E-state index contributed by atoms with van der Waals surface area (Å²) in [7, 11) is 2.09. The maximum atomic E-state index is 4.54. The molecule has 0 amide bonds. The van der Waals surface area contributed by atoms with Gasteiger partial charge in [0, 0.05) is 38.4 Å². The molecule has 0 N–H and O–H groups in total. The van der Waals surface area contributed by atoms with Gasteiger partial charge in [-0.25, -0.2) is 4.98 Å². The van der Waals surface area contributed by atoms with E-state index in [-0.39, 0.29) is 0 Å². The van der Waals surface area contributed by atoms with E-state index < -0.39 is 0 Å². The second-order valence-electron chi connectivity index (χ2n) is 7.51. The molecule has 1 saturated heterocycles. The van der Waals surface area contributed by atoms with E-state index in [1.54, 1.807) is 6.20 Å². The zero-order chi connectivity index (χ0) is 18.6. The number of aromatic nitrogens is 5. The van der Waals surface area contributed by atoms with Gasteiger partial charge in [0.2, 0.25) is 0 Å². The van der Waals surface area contributed by atoms with Crippen molar-refractivity contribution in [3.8, 4) is 0 Å². The molecule has 0 spiro atoms. The molecule has 0 radical (unpaired) electrons. The van der Waals surface area contributed by atoms with E-state index >= 15 is 0 Å². The lowest BCUT2D eigenvalue weighted by Crippen LogP contribution is -2.34. The monoisotopic (exact) mass is 364 g/mol. The number of piperidine rings is 1. The first kappa shape index (κ1) is 17.9. The van der Waals surface area contributed by atoms with E-state index in [1.165, 1.54) is 24.0 Å². The molecule has 3 heterocycles. The largest absolute Gasteiger partial charge is 0.330 e. The molecule has 27 heavy (non-hydrogen) atoms. The molecular formula is C21H28N6. The van der Waals surface area contributed by atoms with Gasteiger partial charge in [-0.15, -0.1) is 10.2 Å². The molecule has 1 aliphatic heterocycles. The van der Waals surface area contributed by atoms with Gasteiger partial charge in [0.25, 0.3) is 0 Å². The van der Waals surface area contributed by atoms with Gasteiger partial charge in [-0.1, -0.05) is 31.2 Å². The van der Waals surface area contributed by atoms with Crippen LogP contribution in [0.3, 0.4) is 0 Å². The highest BCUT2D eigenvalue weighted by Gasteiger charge is 2.26. The topological polar surface area (TPSA) is 51.8 Å². The van der Waals surface area contributed by atoms with Crippen LogP contribution in [-0.2, 0) is 26.6 Å². The van der Waals surface area contributed by atoms with Crippen LogP contribution in [0.2, 0.25) is 0 Å². The van der Waals surface area contributed by atoms with E-state index in [2.05, 4.69) is 62.9 Å². The van der Waals surface area contributed by atoms with Crippen molar-refractivity contribution in [1.82, 2.24) is 29.2 Å². The lowest BCUT2D eigenvalue weighted by molar-refractivity contribution is 0.195. The van der Waals surface area contributed by atoms with Crippen molar-refractivity contribution >= 4 is 0 Å². The first-order valence-electron chi connectivity index (χ1n) is 9.87. The van der Waals surface area contributed by atoms with Gasteiger partial charge in [-0.05, 0) is 36.9 Å². The lowest BCUT2D eigenvalue weighted by atomic mass is 9.96. The molecule has 0 unspecified atom stereocenters. The molecule has 0 saturated carbocycles. The zero-order valence-corrected chi connectivity index (χ0v) is 16.3. The molecule has 1 atom stereocenters. The Morgan fingerprint density at radius 1 is 1.07 bits per heavy atom. The summed E-state index contributed by atoms with van der Waals surface area (Å²) in [6.45, 7) is 6.13. The fraction of sp³-hybridized carbons (Fsp3) is 0.476. The molecule has 6 heteroatoms. The van der Waals surface area contributed by atoms with Gasteiger partial charge in [0.1, 0.15) is 5.82 Å². The molecule has 2 aromatic heterocycles. The minimum Gasteiger partial charge on any atom is -0.330 e. The SMILES string of the molecule is CCc1ccc(CN2CCC[C@H](c3nnc(Cn4ccnc4)n3C)C2)cc1. The summed E-state index contributed by atoms with van der Waals surface area (Å²) in [5, 5.41) is 8.98. The number of hydrogen-bond acceptors (Lipinski definition) is 4. The molecule has 1 fully saturated rings. The molecule has 1 aliphatic rings. The number of imidazole rings is 1. The van der Waals surface area contributed by atoms with E-state index in [4.69, 9.17) is 0 Å². The summed E-state index contributed by atoms with van der Waals surface area (Å²) in [6, 6.07) is 9.05. The number of nitrogens with zero attached hydrogens (tertiary/aromatic N) is 6. The van der Waals surface area contributed by atoms with Crippen LogP contribution in [0.1, 0.15) is 48.5 Å². The summed E-state index contributed by atoms with van der Waals surface area (Å²) in [6.07, 6.45) is 9.06. The van der Waals surface area contributed by atoms with Crippen molar-refractivity contribution in [2.24, 2.45) is 7.05 Å². The highest BCUT2D eigenvalue weighted by atomic mass is 15.3. The predicted molar refractivity (Wildman–Crippen MR) is 105 cm³/mol. The van der Waals surface area contributed by atoms with Crippen molar-refractivity contribution < 1.29 is 0 Å². The molecule has 0 aliphatic carbocycles. The zero-order valence-electron chi connectivity index (χ0n) is 16.3. The van der Waals surface area contributed by atoms with E-state index in [0.717, 1.165) is 37.7 Å². The van der Waals surface area contributed by atoms with Crippen LogP contribution in [0.15, 0.2) is 43.0 Å². The summed E-state index contributed by atoms with van der Waals surface area (Å²) >= 11 is 0. The Morgan fingerprint density at radius 2 is 1.89 bits per heavy atom. The summed E-state index contributed by atoms with van der Waals surface area (Å²) in [5.74, 6) is 2.54. The fourth-order valence-corrected chi connectivity index (χ4v) is 3.96. The molecule has 1 aromatic carbocycles. The molecule has 142 valence electrons. The van der Waals surface area contributed by atoms with Crippen LogP contribution in [0.5, 0.6) is 0 Å². The Kier molecular flexibility index (Phi) is 5.34. The Bertz CT molecular complexity index is 849. The second-order valence-corrected chi connectivity index (χ2v) is 7.51. The number of likely N-dealkylation sites (tertiary alicyclic amines) is 1. The number of hydrogen-bond donors (Lipinski definition) is 0. The van der Waals surface area contributed by atoms with Crippen molar-refractivity contribution in [3.63, 3.8) is 0 Å². The van der Waals surface area contributed by atoms with Crippen LogP contribution in [-0.4, -0.2) is 42.3 Å². The van der Waals surface area contributed by atoms with Crippen molar-refractivity contribution in [1.29, 1.82) is 0 Å². The first-order valence-corrected chi connectivity index (χ1v) is 9.87. The maximum absolute atomic E-state index is 4.54. The predicted octanol–water partition coefficient (Wildman–Crippen LogP) is 3.00. The lowest BCUT2D eigenvalue weighted by Gasteiger charge is -2.32. The van der Waals surface area contributed by atoms with Gasteiger partial charge < -0.3 is 9.13 Å². The molecule has 6 nitrogen and oxygen atoms in total. The normalized spacial score (nSPS) is 18.1. The number of rotatable bonds is 6. The van der Waals surface area contributed by atoms with Gasteiger partial charge in [-0.3, -0.25) is 4.90 Å². The third-order valence-electron chi connectivity index (χ3n) is 5.59. The van der Waals surface area contributed by atoms with Gasteiger partial charge >= 0.3 is 0 Å². The van der Waals surface area contributed by atoms with E-state index in [0.29, 0.717) is 12.5 Å². The molecule has 0 bridgehead atoms. The summed E-state index contributed by atoms with van der Waals surface area (Å²) in [5.41, 5.74) is 2.80. The maximum Gasteiger partial charge on any atom is 0.152 e. The van der Waals surface area contributed by atoms with Gasteiger partial charge in [0.05, 0.1) is 12.9 Å². The van der Waals surface area contributed by atoms with Crippen molar-refractivity contribution in [2.75, 3.05) is 13.1 Å². The van der Waals surface area contributed by atoms with Gasteiger partial charge in [-0.2, -0.15) is 0 Å². The summed E-state index contributed by atoms with van der Waals surface area (Å²) in [4.78, 5) is 6.66. The van der Waals surface area contributed by atoms with Crippen LogP contribution < -0.4 is 0 Å². The Labute approximate surface area is 160 Å². The van der Waals surface area contributed by atoms with Crippen molar-refractivity contribution in [2.45, 2.75) is 45.2 Å². The fourth-order valence-electron chi connectivity index (χ4n) is 3.96. The molecule has 3 aromatic rings. The average Bonchev–Trinajstić information content (AvgIpc) is 3.33. The summed E-state index contributed by atoms with van der Waals surface area (Å²) < 4.78 is 4.20. The van der Waals surface area contributed by atoms with E-state index in [1.807, 2.05) is 17.1 Å². The Hall–Kier alpha value is -2.47. The Morgan fingerprint density at radius 3 is 2.63 bits per heavy atom. The van der Waals surface area contributed by atoms with Crippen LogP contribution in [0, 0.1) is 0 Å². The highest BCUT2D eigenvalue weighted by Crippen LogP contribution is 2.27. The van der Waals surface area contributed by atoms with Crippen LogP contribution in [0.4, 0.5) is 0 Å². The quantitative estimate of drug-likeness (QED) is 0.675. The molecular weight excluding hydrogens is 336 g/mol. The number of aryl methyl sites for hydroxylation is 1. The minimum absolute atomic E-state index is 0.447. The average molecular weight is 364 g/mol. The van der Waals surface area contributed by atoms with Crippen molar-refractivity contribution in [3.05, 3.63) is 65.8 Å². The van der Waals surface area contributed by atoms with Gasteiger partial charge in [0.15, 0.2) is 5.82 Å². The Balaban J connectivity index is 1.42. The molecule has 4 rings (SSSR count). The second kappa shape index (κ2) is 8.05. The first-order chi connectivity index (χ1) is 13.2. The van der Waals surface area contributed by atoms with Crippen LogP contribution in [0.25, 0.3) is 0 Å². The van der Waals surface area contributed by atoms with E-state index in [9.17, 15) is 0 Å². The minimum atomic E-state index is 0.447. The smallest absolute Gasteiger partial charge is 0.152 e. The van der Waals surface area contributed by atoms with Crippen LogP contribution >= 0.6 is 0 Å². The third kappa shape index (κ3) is 4.11. The third-order valence-corrected chi connectivity index (χ3v) is 5.59.